The van der Waals surface area contributed by atoms with Gasteiger partial charge < -0.3 is 15.4 Å². The van der Waals surface area contributed by atoms with Crippen LogP contribution in [0, 0.1) is 0 Å². The molecule has 0 radical (unpaired) electrons. The van der Waals surface area contributed by atoms with Crippen LogP contribution in [0.4, 0.5) is 0 Å². The number of hydrogen-bond acceptors (Lipinski definition) is 4. The Hall–Kier alpha value is -1.10. The molecule has 2 N–H and O–H groups in total. The van der Waals surface area contributed by atoms with E-state index in [0.717, 1.165) is 12.8 Å². The van der Waals surface area contributed by atoms with Crippen LogP contribution in [0.2, 0.25) is 0 Å². The van der Waals surface area contributed by atoms with Crippen molar-refractivity contribution in [2.24, 2.45) is 0 Å². The fraction of sp³-hybridized carbons (Fsp3) is 0.778. The second-order valence-electron chi connectivity index (χ2n) is 3.64. The van der Waals surface area contributed by atoms with Gasteiger partial charge >= 0.3 is 5.97 Å². The summed E-state index contributed by atoms with van der Waals surface area (Å²) in [7, 11) is 0. The molecule has 2 heterocycles. The van der Waals surface area contributed by atoms with Crippen molar-refractivity contribution in [3.63, 3.8) is 0 Å². The van der Waals surface area contributed by atoms with Crippen LogP contribution in [-0.4, -0.2) is 36.6 Å². The number of fused-ring (bicyclic) bond motifs is 2. The van der Waals surface area contributed by atoms with E-state index in [4.69, 9.17) is 4.74 Å². The number of rotatable bonds is 2. The highest BCUT2D eigenvalue weighted by Gasteiger charge is 2.43. The summed E-state index contributed by atoms with van der Waals surface area (Å²) in [5.74, 6) is -0.421. The molecule has 14 heavy (non-hydrogen) atoms. The van der Waals surface area contributed by atoms with Crippen LogP contribution in [0.25, 0.3) is 0 Å². The van der Waals surface area contributed by atoms with Crippen LogP contribution in [0.5, 0.6) is 0 Å². The van der Waals surface area contributed by atoms with Gasteiger partial charge in [0.1, 0.15) is 6.04 Å². The Morgan fingerprint density at radius 3 is 3.07 bits per heavy atom. The minimum atomic E-state index is -0.499. The number of nitrogens with one attached hydrogen (secondary N) is 2. The zero-order valence-corrected chi connectivity index (χ0v) is 8.08. The fourth-order valence-electron chi connectivity index (χ4n) is 2.05. The summed E-state index contributed by atoms with van der Waals surface area (Å²) >= 11 is 0. The van der Waals surface area contributed by atoms with Gasteiger partial charge in [-0.3, -0.25) is 4.79 Å². The molecule has 0 aromatic rings. The van der Waals surface area contributed by atoms with Gasteiger partial charge in [-0.15, -0.1) is 0 Å². The average Bonchev–Trinajstić information content (AvgIpc) is 2.57. The van der Waals surface area contributed by atoms with Crippen molar-refractivity contribution in [1.29, 1.82) is 0 Å². The Bertz CT molecular complexity index is 267. The molecule has 5 nitrogen and oxygen atoms in total. The smallest absolute Gasteiger partial charge is 0.330 e. The minimum Gasteiger partial charge on any atom is -0.464 e. The summed E-state index contributed by atoms with van der Waals surface area (Å²) in [5.41, 5.74) is 0. The zero-order valence-electron chi connectivity index (χ0n) is 8.08. The van der Waals surface area contributed by atoms with Crippen molar-refractivity contribution < 1.29 is 14.3 Å². The van der Waals surface area contributed by atoms with E-state index >= 15 is 0 Å². The van der Waals surface area contributed by atoms with E-state index in [1.54, 1.807) is 6.92 Å². The Kier molecular flexibility index (Phi) is 2.41. The van der Waals surface area contributed by atoms with E-state index in [0.29, 0.717) is 6.61 Å². The molecule has 5 heteroatoms. The Labute approximate surface area is 82.2 Å². The summed E-state index contributed by atoms with van der Waals surface area (Å²) in [4.78, 5) is 22.8. The molecule has 0 spiro atoms. The van der Waals surface area contributed by atoms with Crippen LogP contribution in [-0.2, 0) is 14.3 Å². The van der Waals surface area contributed by atoms with Crippen LogP contribution >= 0.6 is 0 Å². The third-order valence-corrected chi connectivity index (χ3v) is 2.74. The molecule has 2 bridgehead atoms. The first-order valence-electron chi connectivity index (χ1n) is 4.95. The molecular weight excluding hydrogens is 184 g/mol. The molecule has 2 rings (SSSR count). The Morgan fingerprint density at radius 1 is 1.57 bits per heavy atom. The number of piperazine rings is 1. The van der Waals surface area contributed by atoms with Gasteiger partial charge in [0.15, 0.2) is 0 Å². The Morgan fingerprint density at radius 2 is 2.36 bits per heavy atom. The highest BCUT2D eigenvalue weighted by Crippen LogP contribution is 2.20. The summed E-state index contributed by atoms with van der Waals surface area (Å²) in [6.45, 7) is 2.11. The first-order valence-corrected chi connectivity index (χ1v) is 4.95. The van der Waals surface area contributed by atoms with E-state index < -0.39 is 6.04 Å². The van der Waals surface area contributed by atoms with Gasteiger partial charge in [-0.05, 0) is 19.8 Å². The van der Waals surface area contributed by atoms with E-state index in [2.05, 4.69) is 10.6 Å². The van der Waals surface area contributed by atoms with Gasteiger partial charge in [0.25, 0.3) is 0 Å². The summed E-state index contributed by atoms with van der Waals surface area (Å²) in [6, 6.07) is -0.552. The standard InChI is InChI=1S/C9H14N2O3/c1-2-14-9(13)7-5-3-4-6(10-5)8(12)11-7/h5-7,10H,2-4H2,1H3,(H,11,12)/t5-,6+,7-/m1/s1. The van der Waals surface area contributed by atoms with Crippen LogP contribution in [0.1, 0.15) is 19.8 Å². The molecule has 1 amide bonds. The maximum absolute atomic E-state index is 11.5. The monoisotopic (exact) mass is 198 g/mol. The topological polar surface area (TPSA) is 67.4 Å². The van der Waals surface area contributed by atoms with Gasteiger partial charge in [-0.2, -0.15) is 0 Å². The van der Waals surface area contributed by atoms with Crippen LogP contribution in [0.3, 0.4) is 0 Å². The molecule has 0 saturated carbocycles. The van der Waals surface area contributed by atoms with E-state index in [1.165, 1.54) is 0 Å². The second kappa shape index (κ2) is 3.57. The third kappa shape index (κ3) is 1.48. The number of amides is 1. The van der Waals surface area contributed by atoms with E-state index in [-0.39, 0.29) is 24.0 Å². The van der Waals surface area contributed by atoms with Crippen molar-refractivity contribution in [1.82, 2.24) is 10.6 Å². The van der Waals surface area contributed by atoms with Crippen molar-refractivity contribution in [2.75, 3.05) is 6.61 Å². The number of esters is 1. The number of hydrogen-bond donors (Lipinski definition) is 2. The first kappa shape index (κ1) is 9.45. The molecule has 2 fully saturated rings. The van der Waals surface area contributed by atoms with Crippen molar-refractivity contribution in [3.05, 3.63) is 0 Å². The maximum Gasteiger partial charge on any atom is 0.330 e. The molecule has 0 aromatic heterocycles. The molecule has 78 valence electrons. The number of ether oxygens (including phenoxy) is 1. The van der Waals surface area contributed by atoms with Gasteiger partial charge in [0.05, 0.1) is 12.6 Å². The second-order valence-corrected chi connectivity index (χ2v) is 3.64. The van der Waals surface area contributed by atoms with Gasteiger partial charge in [-0.25, -0.2) is 4.79 Å². The summed E-state index contributed by atoms with van der Waals surface area (Å²) < 4.78 is 4.89. The van der Waals surface area contributed by atoms with Crippen molar-refractivity contribution in [2.45, 2.75) is 37.9 Å². The fourth-order valence-corrected chi connectivity index (χ4v) is 2.05. The molecule has 2 aliphatic heterocycles. The first-order chi connectivity index (χ1) is 6.72. The number of carbonyl (C=O) groups excluding carboxylic acids is 2. The molecule has 2 saturated heterocycles. The Balaban J connectivity index is 2.05. The lowest BCUT2D eigenvalue weighted by molar-refractivity contribution is -0.149. The zero-order chi connectivity index (χ0) is 10.1. The number of carbonyl (C=O) groups is 2. The lowest BCUT2D eigenvalue weighted by atomic mass is 10.1. The molecule has 0 aromatic carbocycles. The molecule has 0 aliphatic carbocycles. The SMILES string of the molecule is CCOC(=O)[C@@H]1NC(=O)[C@@H]2CC[C@H]1N2. The minimum absolute atomic E-state index is 0.0525. The van der Waals surface area contributed by atoms with Crippen molar-refractivity contribution >= 4 is 11.9 Å². The lowest BCUT2D eigenvalue weighted by Gasteiger charge is -2.28. The largest absolute Gasteiger partial charge is 0.464 e. The highest BCUT2D eigenvalue weighted by atomic mass is 16.5. The molecule has 2 aliphatic rings. The normalized spacial score (nSPS) is 35.2. The quantitative estimate of drug-likeness (QED) is 0.568. The predicted molar refractivity (Wildman–Crippen MR) is 48.5 cm³/mol. The summed E-state index contributed by atoms with van der Waals surface area (Å²) in [5, 5.41) is 5.80. The van der Waals surface area contributed by atoms with E-state index in [1.807, 2.05) is 0 Å². The molecular formula is C9H14N2O3. The van der Waals surface area contributed by atoms with Crippen molar-refractivity contribution in [3.8, 4) is 0 Å². The summed E-state index contributed by atoms with van der Waals surface area (Å²) in [6.07, 6.45) is 1.67. The van der Waals surface area contributed by atoms with Gasteiger partial charge in [0.2, 0.25) is 5.91 Å². The molecule has 3 atom stereocenters. The van der Waals surface area contributed by atoms with E-state index in [9.17, 15) is 9.59 Å². The third-order valence-electron chi connectivity index (χ3n) is 2.74. The van der Waals surface area contributed by atoms with Gasteiger partial charge in [-0.1, -0.05) is 0 Å². The predicted octanol–water partition coefficient (Wildman–Crippen LogP) is -0.831. The van der Waals surface area contributed by atoms with Crippen LogP contribution in [0.15, 0.2) is 0 Å². The highest BCUT2D eigenvalue weighted by molar-refractivity contribution is 5.90. The lowest BCUT2D eigenvalue weighted by Crippen LogP contribution is -2.62. The molecule has 0 unspecified atom stereocenters. The maximum atomic E-state index is 11.5. The van der Waals surface area contributed by atoms with Crippen LogP contribution < -0.4 is 10.6 Å². The average molecular weight is 198 g/mol. The van der Waals surface area contributed by atoms with Gasteiger partial charge in [0, 0.05) is 6.04 Å².